The number of hydrogen-bond acceptors (Lipinski definition) is 3. The van der Waals surface area contributed by atoms with Gasteiger partial charge in [-0.05, 0) is 18.1 Å². The Hall–Kier alpha value is -1.53. The van der Waals surface area contributed by atoms with Gasteiger partial charge in [0.2, 0.25) is 0 Å². The predicted octanol–water partition coefficient (Wildman–Crippen LogP) is 2.31. The highest BCUT2D eigenvalue weighted by atomic mass is 16.5. The summed E-state index contributed by atoms with van der Waals surface area (Å²) >= 11 is 0. The van der Waals surface area contributed by atoms with Gasteiger partial charge in [0.05, 0.1) is 18.1 Å². The molecule has 2 heterocycles. The molecule has 0 aliphatic carbocycles. The summed E-state index contributed by atoms with van der Waals surface area (Å²) in [4.78, 5) is 0. The fraction of sp³-hybridized carbons (Fsp3) is 0.500. The molecule has 3 heteroatoms. The van der Waals surface area contributed by atoms with Crippen LogP contribution >= 0.6 is 0 Å². The highest BCUT2D eigenvalue weighted by Gasteiger charge is 2.39. The Balaban J connectivity index is 1.71. The number of para-hydroxylation sites is 1. The van der Waals surface area contributed by atoms with E-state index in [9.17, 15) is 5.26 Å². The number of rotatable bonds is 2. The topological polar surface area (TPSA) is 42.2 Å². The number of nitriles is 1. The van der Waals surface area contributed by atoms with Crippen LogP contribution in [0.15, 0.2) is 24.3 Å². The van der Waals surface area contributed by atoms with E-state index in [4.69, 9.17) is 9.47 Å². The van der Waals surface area contributed by atoms with Gasteiger partial charge in [0.25, 0.3) is 0 Å². The summed E-state index contributed by atoms with van der Waals surface area (Å²) in [5.41, 5.74) is 0.927. The maximum absolute atomic E-state index is 9.31. The van der Waals surface area contributed by atoms with Crippen molar-refractivity contribution in [3.8, 4) is 11.8 Å². The first-order chi connectivity index (χ1) is 8.31. The molecule has 0 amide bonds. The van der Waals surface area contributed by atoms with Gasteiger partial charge in [0.15, 0.2) is 0 Å². The maximum atomic E-state index is 9.31. The summed E-state index contributed by atoms with van der Waals surface area (Å²) in [7, 11) is 0. The minimum Gasteiger partial charge on any atom is -0.490 e. The van der Waals surface area contributed by atoms with Crippen molar-refractivity contribution in [3.05, 3.63) is 29.8 Å². The van der Waals surface area contributed by atoms with E-state index in [0.717, 1.165) is 25.0 Å². The minimum absolute atomic E-state index is 0.133. The second kappa shape index (κ2) is 4.05. The van der Waals surface area contributed by atoms with Crippen LogP contribution in [-0.2, 0) is 11.2 Å². The lowest BCUT2D eigenvalue weighted by Crippen LogP contribution is -2.28. The van der Waals surface area contributed by atoms with Crippen molar-refractivity contribution in [3.63, 3.8) is 0 Å². The van der Waals surface area contributed by atoms with E-state index in [1.807, 2.05) is 18.2 Å². The average molecular weight is 229 g/mol. The third kappa shape index (κ3) is 1.89. The molecule has 1 aromatic carbocycles. The van der Waals surface area contributed by atoms with Crippen LogP contribution in [0.3, 0.4) is 0 Å². The van der Waals surface area contributed by atoms with E-state index in [-0.39, 0.29) is 11.5 Å². The molecule has 1 aromatic rings. The SMILES string of the molecule is N#CC1(CC2Cc3ccccc3O2)CCOC1. The van der Waals surface area contributed by atoms with E-state index in [1.54, 1.807) is 0 Å². The van der Waals surface area contributed by atoms with E-state index >= 15 is 0 Å². The van der Waals surface area contributed by atoms with Crippen LogP contribution in [0.2, 0.25) is 0 Å². The third-order valence-corrected chi connectivity index (χ3v) is 3.67. The summed E-state index contributed by atoms with van der Waals surface area (Å²) in [5.74, 6) is 0.976. The van der Waals surface area contributed by atoms with Gasteiger partial charge in [-0.15, -0.1) is 0 Å². The second-order valence-corrected chi connectivity index (χ2v) is 4.95. The van der Waals surface area contributed by atoms with Crippen LogP contribution in [-0.4, -0.2) is 19.3 Å². The van der Waals surface area contributed by atoms with Gasteiger partial charge < -0.3 is 9.47 Å². The van der Waals surface area contributed by atoms with Gasteiger partial charge in [0.1, 0.15) is 11.9 Å². The Morgan fingerprint density at radius 1 is 1.41 bits per heavy atom. The normalized spacial score (nSPS) is 30.6. The summed E-state index contributed by atoms with van der Waals surface area (Å²) in [6.45, 7) is 1.26. The molecule has 0 aromatic heterocycles. The first-order valence-corrected chi connectivity index (χ1v) is 6.05. The fourth-order valence-corrected chi connectivity index (χ4v) is 2.71. The largest absolute Gasteiger partial charge is 0.490 e. The predicted molar refractivity (Wildman–Crippen MR) is 62.7 cm³/mol. The Bertz CT molecular complexity index is 433. The Morgan fingerprint density at radius 3 is 3.00 bits per heavy atom. The van der Waals surface area contributed by atoms with Crippen molar-refractivity contribution in [2.24, 2.45) is 5.41 Å². The molecule has 1 fully saturated rings. The molecule has 2 aliphatic rings. The monoisotopic (exact) mass is 229 g/mol. The molecular weight excluding hydrogens is 214 g/mol. The molecule has 2 atom stereocenters. The van der Waals surface area contributed by atoms with Gasteiger partial charge in [-0.25, -0.2) is 0 Å². The number of fused-ring (bicyclic) bond motifs is 1. The standard InChI is InChI=1S/C14H15NO2/c15-9-14(5-6-16-10-14)8-12-7-11-3-1-2-4-13(11)17-12/h1-4,12H,5-8,10H2. The van der Waals surface area contributed by atoms with E-state index in [0.29, 0.717) is 13.2 Å². The molecular formula is C14H15NO2. The van der Waals surface area contributed by atoms with E-state index in [2.05, 4.69) is 12.1 Å². The lowest BCUT2D eigenvalue weighted by Gasteiger charge is -2.22. The van der Waals surface area contributed by atoms with Crippen LogP contribution in [0.4, 0.5) is 0 Å². The van der Waals surface area contributed by atoms with Crippen molar-refractivity contribution in [2.45, 2.75) is 25.4 Å². The van der Waals surface area contributed by atoms with Gasteiger partial charge in [-0.1, -0.05) is 18.2 Å². The molecule has 3 nitrogen and oxygen atoms in total. The summed E-state index contributed by atoms with van der Waals surface area (Å²) < 4.78 is 11.2. The molecule has 2 unspecified atom stereocenters. The van der Waals surface area contributed by atoms with Crippen LogP contribution in [0.1, 0.15) is 18.4 Å². The van der Waals surface area contributed by atoms with Crippen LogP contribution in [0.5, 0.6) is 5.75 Å². The quantitative estimate of drug-likeness (QED) is 0.781. The van der Waals surface area contributed by atoms with Crippen molar-refractivity contribution in [2.75, 3.05) is 13.2 Å². The average Bonchev–Trinajstić information content (AvgIpc) is 2.95. The summed E-state index contributed by atoms with van der Waals surface area (Å²) in [5, 5.41) is 9.31. The van der Waals surface area contributed by atoms with Crippen molar-refractivity contribution in [1.82, 2.24) is 0 Å². The summed E-state index contributed by atoms with van der Waals surface area (Å²) in [6, 6.07) is 10.5. The minimum atomic E-state index is -0.327. The zero-order chi connectivity index (χ0) is 11.7. The van der Waals surface area contributed by atoms with Gasteiger partial charge in [-0.3, -0.25) is 0 Å². The first-order valence-electron chi connectivity index (χ1n) is 6.05. The van der Waals surface area contributed by atoms with Crippen molar-refractivity contribution in [1.29, 1.82) is 5.26 Å². The Kier molecular flexibility index (Phi) is 2.53. The van der Waals surface area contributed by atoms with E-state index in [1.165, 1.54) is 5.56 Å². The fourth-order valence-electron chi connectivity index (χ4n) is 2.71. The van der Waals surface area contributed by atoms with Crippen molar-refractivity contribution < 1.29 is 9.47 Å². The Morgan fingerprint density at radius 2 is 2.29 bits per heavy atom. The Labute approximate surface area is 101 Å². The molecule has 88 valence electrons. The van der Waals surface area contributed by atoms with Crippen LogP contribution in [0.25, 0.3) is 0 Å². The molecule has 3 rings (SSSR count). The molecule has 17 heavy (non-hydrogen) atoms. The number of ether oxygens (including phenoxy) is 2. The van der Waals surface area contributed by atoms with Crippen molar-refractivity contribution >= 4 is 0 Å². The second-order valence-electron chi connectivity index (χ2n) is 4.95. The number of nitrogens with zero attached hydrogens (tertiary/aromatic N) is 1. The lowest BCUT2D eigenvalue weighted by atomic mass is 9.82. The third-order valence-electron chi connectivity index (χ3n) is 3.67. The molecule has 0 radical (unpaired) electrons. The highest BCUT2D eigenvalue weighted by molar-refractivity contribution is 5.37. The first kappa shape index (κ1) is 10.6. The molecule has 0 saturated carbocycles. The lowest BCUT2D eigenvalue weighted by molar-refractivity contribution is 0.133. The molecule has 0 spiro atoms. The molecule has 2 aliphatic heterocycles. The van der Waals surface area contributed by atoms with E-state index < -0.39 is 0 Å². The zero-order valence-corrected chi connectivity index (χ0v) is 9.69. The van der Waals surface area contributed by atoms with Crippen LogP contribution in [0, 0.1) is 16.7 Å². The zero-order valence-electron chi connectivity index (χ0n) is 9.69. The number of hydrogen-bond donors (Lipinski definition) is 0. The molecule has 1 saturated heterocycles. The maximum Gasteiger partial charge on any atom is 0.123 e. The molecule has 0 bridgehead atoms. The highest BCUT2D eigenvalue weighted by Crippen LogP contribution is 2.38. The smallest absolute Gasteiger partial charge is 0.123 e. The van der Waals surface area contributed by atoms with Gasteiger partial charge >= 0.3 is 0 Å². The van der Waals surface area contributed by atoms with Gasteiger partial charge in [-0.2, -0.15) is 5.26 Å². The molecule has 0 N–H and O–H groups in total. The summed E-state index contributed by atoms with van der Waals surface area (Å²) in [6.07, 6.45) is 2.66. The van der Waals surface area contributed by atoms with Gasteiger partial charge in [0, 0.05) is 19.4 Å². The number of benzene rings is 1. The van der Waals surface area contributed by atoms with Crippen LogP contribution < -0.4 is 4.74 Å².